The molecule has 2 aromatic rings. The van der Waals surface area contributed by atoms with Crippen LogP contribution in [0.25, 0.3) is 0 Å². The maximum Gasteiger partial charge on any atom is 0.224 e. The number of rotatable bonds is 6. The molecule has 0 aromatic heterocycles. The van der Waals surface area contributed by atoms with Gasteiger partial charge in [-0.25, -0.2) is 0 Å². The van der Waals surface area contributed by atoms with E-state index in [-0.39, 0.29) is 11.7 Å². The summed E-state index contributed by atoms with van der Waals surface area (Å²) >= 11 is 1.53. The van der Waals surface area contributed by atoms with E-state index in [1.807, 2.05) is 31.2 Å². The van der Waals surface area contributed by atoms with Crippen molar-refractivity contribution < 1.29 is 9.59 Å². The van der Waals surface area contributed by atoms with Crippen molar-refractivity contribution in [1.29, 1.82) is 0 Å². The zero-order valence-electron chi connectivity index (χ0n) is 12.8. The fraction of sp³-hybridized carbons (Fsp3) is 0.222. The second kappa shape index (κ2) is 7.80. The van der Waals surface area contributed by atoms with E-state index in [4.69, 9.17) is 0 Å². The van der Waals surface area contributed by atoms with Crippen LogP contribution in [0, 0.1) is 6.92 Å². The average Bonchev–Trinajstić information content (AvgIpc) is 2.54. The van der Waals surface area contributed by atoms with Gasteiger partial charge in [0.2, 0.25) is 5.91 Å². The standard InChI is InChI=1S/C18H19NO2S/c1-3-18(21)19-15-8-6-14(7-9-15)17(20)12-22-16-10-4-13(2)5-11-16/h4-11H,3,12H2,1-2H3,(H,19,21). The number of thioether (sulfide) groups is 1. The Hall–Kier alpha value is -2.07. The lowest BCUT2D eigenvalue weighted by molar-refractivity contribution is -0.115. The molecular formula is C18H19NO2S. The van der Waals surface area contributed by atoms with Gasteiger partial charge in [-0.15, -0.1) is 11.8 Å². The Morgan fingerprint density at radius 1 is 1.00 bits per heavy atom. The second-order valence-corrected chi connectivity index (χ2v) is 6.05. The van der Waals surface area contributed by atoms with Gasteiger partial charge in [-0.2, -0.15) is 0 Å². The summed E-state index contributed by atoms with van der Waals surface area (Å²) in [5.41, 5.74) is 2.59. The summed E-state index contributed by atoms with van der Waals surface area (Å²) in [5.74, 6) is 0.455. The maximum absolute atomic E-state index is 12.2. The van der Waals surface area contributed by atoms with Crippen LogP contribution in [0.2, 0.25) is 0 Å². The van der Waals surface area contributed by atoms with Crippen LogP contribution in [0.3, 0.4) is 0 Å². The molecule has 22 heavy (non-hydrogen) atoms. The highest BCUT2D eigenvalue weighted by atomic mass is 32.2. The van der Waals surface area contributed by atoms with Crippen LogP contribution in [-0.4, -0.2) is 17.4 Å². The number of carbonyl (C=O) groups excluding carboxylic acids is 2. The summed E-state index contributed by atoms with van der Waals surface area (Å²) in [4.78, 5) is 24.6. The zero-order valence-corrected chi connectivity index (χ0v) is 13.6. The Balaban J connectivity index is 1.92. The number of anilines is 1. The highest BCUT2D eigenvalue weighted by molar-refractivity contribution is 8.00. The first-order chi connectivity index (χ1) is 10.6. The summed E-state index contributed by atoms with van der Waals surface area (Å²) in [6.45, 7) is 3.84. The Kier molecular flexibility index (Phi) is 5.78. The van der Waals surface area contributed by atoms with Crippen molar-refractivity contribution in [3.8, 4) is 0 Å². The SMILES string of the molecule is CCC(=O)Nc1ccc(C(=O)CSc2ccc(C)cc2)cc1. The molecule has 1 amide bonds. The lowest BCUT2D eigenvalue weighted by atomic mass is 10.1. The largest absolute Gasteiger partial charge is 0.326 e. The van der Waals surface area contributed by atoms with Crippen molar-refractivity contribution in [2.45, 2.75) is 25.2 Å². The van der Waals surface area contributed by atoms with E-state index >= 15 is 0 Å². The van der Waals surface area contributed by atoms with Crippen molar-refractivity contribution in [1.82, 2.24) is 0 Å². The maximum atomic E-state index is 12.2. The van der Waals surface area contributed by atoms with Crippen LogP contribution in [0.5, 0.6) is 0 Å². The Labute approximate surface area is 135 Å². The fourth-order valence-corrected chi connectivity index (χ4v) is 2.65. The number of amides is 1. The smallest absolute Gasteiger partial charge is 0.224 e. The Bertz CT molecular complexity index is 648. The minimum Gasteiger partial charge on any atom is -0.326 e. The van der Waals surface area contributed by atoms with Gasteiger partial charge in [0.15, 0.2) is 5.78 Å². The third-order valence-electron chi connectivity index (χ3n) is 3.20. The van der Waals surface area contributed by atoms with Crippen molar-refractivity contribution >= 4 is 29.1 Å². The fourth-order valence-electron chi connectivity index (χ4n) is 1.86. The first-order valence-corrected chi connectivity index (χ1v) is 8.19. The molecular weight excluding hydrogens is 294 g/mol. The molecule has 0 aliphatic heterocycles. The molecule has 0 unspecified atom stereocenters. The molecule has 114 valence electrons. The van der Waals surface area contributed by atoms with E-state index in [0.717, 1.165) is 10.6 Å². The molecule has 0 saturated heterocycles. The number of ketones is 1. The average molecular weight is 313 g/mol. The summed E-state index contributed by atoms with van der Waals surface area (Å²) in [5, 5.41) is 2.77. The van der Waals surface area contributed by atoms with Crippen molar-refractivity contribution in [3.05, 3.63) is 59.7 Å². The van der Waals surface area contributed by atoms with Crippen LogP contribution < -0.4 is 5.32 Å². The number of nitrogens with one attached hydrogen (secondary N) is 1. The molecule has 3 nitrogen and oxygen atoms in total. The summed E-state index contributed by atoms with van der Waals surface area (Å²) in [7, 11) is 0. The predicted molar refractivity (Wildman–Crippen MR) is 91.6 cm³/mol. The van der Waals surface area contributed by atoms with Crippen LogP contribution in [-0.2, 0) is 4.79 Å². The number of hydrogen-bond acceptors (Lipinski definition) is 3. The number of aryl methyl sites for hydroxylation is 1. The van der Waals surface area contributed by atoms with Crippen LogP contribution in [0.4, 0.5) is 5.69 Å². The number of Topliss-reactive ketones (excluding diaryl/α,β-unsaturated/α-hetero) is 1. The molecule has 0 saturated carbocycles. The first kappa shape index (κ1) is 16.3. The van der Waals surface area contributed by atoms with Crippen LogP contribution >= 0.6 is 11.8 Å². The minimum absolute atomic E-state index is 0.0333. The van der Waals surface area contributed by atoms with Gasteiger partial charge in [-0.05, 0) is 43.3 Å². The third-order valence-corrected chi connectivity index (χ3v) is 4.21. The van der Waals surface area contributed by atoms with Gasteiger partial charge in [0.25, 0.3) is 0 Å². The molecule has 0 fully saturated rings. The van der Waals surface area contributed by atoms with Crippen molar-refractivity contribution in [2.75, 3.05) is 11.1 Å². The molecule has 1 N–H and O–H groups in total. The van der Waals surface area contributed by atoms with Gasteiger partial charge in [-0.1, -0.05) is 24.6 Å². The zero-order chi connectivity index (χ0) is 15.9. The molecule has 0 radical (unpaired) electrons. The highest BCUT2D eigenvalue weighted by Crippen LogP contribution is 2.20. The van der Waals surface area contributed by atoms with E-state index in [1.165, 1.54) is 17.3 Å². The van der Waals surface area contributed by atoms with E-state index in [9.17, 15) is 9.59 Å². The van der Waals surface area contributed by atoms with Gasteiger partial charge in [0, 0.05) is 22.6 Å². The van der Waals surface area contributed by atoms with Gasteiger partial charge >= 0.3 is 0 Å². The van der Waals surface area contributed by atoms with Crippen molar-refractivity contribution in [3.63, 3.8) is 0 Å². The van der Waals surface area contributed by atoms with E-state index in [0.29, 0.717) is 17.7 Å². The Morgan fingerprint density at radius 3 is 2.23 bits per heavy atom. The van der Waals surface area contributed by atoms with E-state index in [2.05, 4.69) is 5.32 Å². The quantitative estimate of drug-likeness (QED) is 0.638. The minimum atomic E-state index is -0.0333. The third kappa shape index (κ3) is 4.74. The molecule has 2 rings (SSSR count). The topological polar surface area (TPSA) is 46.2 Å². The van der Waals surface area contributed by atoms with Gasteiger partial charge in [-0.3, -0.25) is 9.59 Å². The predicted octanol–water partition coefficient (Wildman–Crippen LogP) is 4.32. The second-order valence-electron chi connectivity index (χ2n) is 5.00. The molecule has 0 spiro atoms. The summed E-state index contributed by atoms with van der Waals surface area (Å²) < 4.78 is 0. The molecule has 0 bridgehead atoms. The molecule has 0 heterocycles. The van der Waals surface area contributed by atoms with Gasteiger partial charge < -0.3 is 5.32 Å². The lowest BCUT2D eigenvalue weighted by Crippen LogP contribution is -2.09. The summed E-state index contributed by atoms with van der Waals surface area (Å²) in [6.07, 6.45) is 0.438. The van der Waals surface area contributed by atoms with Gasteiger partial charge in [0.1, 0.15) is 0 Å². The number of carbonyl (C=O) groups is 2. The molecule has 2 aromatic carbocycles. The van der Waals surface area contributed by atoms with Gasteiger partial charge in [0.05, 0.1) is 5.75 Å². The highest BCUT2D eigenvalue weighted by Gasteiger charge is 2.07. The van der Waals surface area contributed by atoms with Crippen molar-refractivity contribution in [2.24, 2.45) is 0 Å². The lowest BCUT2D eigenvalue weighted by Gasteiger charge is -2.05. The van der Waals surface area contributed by atoms with E-state index in [1.54, 1.807) is 31.2 Å². The number of hydrogen-bond donors (Lipinski definition) is 1. The Morgan fingerprint density at radius 2 is 1.64 bits per heavy atom. The van der Waals surface area contributed by atoms with Crippen LogP contribution in [0.1, 0.15) is 29.3 Å². The molecule has 0 aliphatic carbocycles. The number of benzene rings is 2. The monoisotopic (exact) mass is 313 g/mol. The molecule has 4 heteroatoms. The molecule has 0 aliphatic rings. The molecule has 0 atom stereocenters. The first-order valence-electron chi connectivity index (χ1n) is 7.21. The van der Waals surface area contributed by atoms with E-state index < -0.39 is 0 Å². The summed E-state index contributed by atoms with van der Waals surface area (Å²) in [6, 6.07) is 15.2. The normalized spacial score (nSPS) is 10.3. The van der Waals surface area contributed by atoms with Crippen LogP contribution in [0.15, 0.2) is 53.4 Å².